The number of benzene rings is 1. The molecule has 0 radical (unpaired) electrons. The molecule has 0 saturated carbocycles. The van der Waals surface area contributed by atoms with Gasteiger partial charge in [-0.05, 0) is 74.0 Å². The summed E-state index contributed by atoms with van der Waals surface area (Å²) in [6.45, 7) is 7.31. The van der Waals surface area contributed by atoms with Crippen molar-refractivity contribution in [1.82, 2.24) is 30.1 Å². The Morgan fingerprint density at radius 2 is 1.83 bits per heavy atom. The van der Waals surface area contributed by atoms with Gasteiger partial charge in [-0.1, -0.05) is 12.1 Å². The topological polar surface area (TPSA) is 108 Å². The number of piperidine rings is 1. The number of nitrogens with zero attached hydrogens (tertiary/aromatic N) is 5. The number of aldehydes is 1. The van der Waals surface area contributed by atoms with Crippen molar-refractivity contribution in [2.45, 2.75) is 31.3 Å². The minimum Gasteiger partial charge on any atom is -0.379 e. The summed E-state index contributed by atoms with van der Waals surface area (Å²) in [5.74, 6) is 1.19. The molecule has 3 N–H and O–H groups in total. The van der Waals surface area contributed by atoms with Gasteiger partial charge in [0.15, 0.2) is 0 Å². The highest BCUT2D eigenvalue weighted by Gasteiger charge is 2.26. The van der Waals surface area contributed by atoms with Crippen LogP contribution in [0.2, 0.25) is 0 Å². The van der Waals surface area contributed by atoms with E-state index in [9.17, 15) is 4.79 Å². The number of fused-ring (bicyclic) bond motifs is 1. The predicted molar refractivity (Wildman–Crippen MR) is 161 cm³/mol. The Morgan fingerprint density at radius 1 is 1.07 bits per heavy atom. The Balaban J connectivity index is 1.12. The molecule has 2 saturated heterocycles. The summed E-state index contributed by atoms with van der Waals surface area (Å²) >= 11 is 0. The second-order valence-corrected chi connectivity index (χ2v) is 10.8. The van der Waals surface area contributed by atoms with Gasteiger partial charge in [-0.25, -0.2) is 15.0 Å². The van der Waals surface area contributed by atoms with Gasteiger partial charge >= 0.3 is 0 Å². The van der Waals surface area contributed by atoms with E-state index in [0.717, 1.165) is 86.7 Å². The summed E-state index contributed by atoms with van der Waals surface area (Å²) in [4.78, 5) is 30.7. The molecule has 0 spiro atoms. The van der Waals surface area contributed by atoms with Gasteiger partial charge in [-0.2, -0.15) is 0 Å². The van der Waals surface area contributed by atoms with E-state index in [2.05, 4.69) is 60.0 Å². The first kappa shape index (κ1) is 27.3. The van der Waals surface area contributed by atoms with E-state index >= 15 is 0 Å². The summed E-state index contributed by atoms with van der Waals surface area (Å²) in [5, 5.41) is 9.54. The molecule has 214 valence electrons. The number of aromatic nitrogens is 3. The summed E-state index contributed by atoms with van der Waals surface area (Å²) in [6, 6.07) is 10.7. The van der Waals surface area contributed by atoms with Crippen molar-refractivity contribution in [2.75, 3.05) is 63.6 Å². The van der Waals surface area contributed by atoms with Gasteiger partial charge in [-0.3, -0.25) is 4.90 Å². The van der Waals surface area contributed by atoms with Crippen LogP contribution in [0.1, 0.15) is 35.6 Å². The third kappa shape index (κ3) is 6.40. The average molecular weight is 555 g/mol. The largest absolute Gasteiger partial charge is 0.379 e. The van der Waals surface area contributed by atoms with Crippen LogP contribution in [0, 0.1) is 0 Å². The monoisotopic (exact) mass is 554 g/mol. The lowest BCUT2D eigenvalue weighted by Crippen LogP contribution is -2.49. The Bertz CT molecular complexity index is 1350. The molecule has 1 atom stereocenters. The highest BCUT2D eigenvalue weighted by molar-refractivity contribution is 5.79. The first-order valence-corrected chi connectivity index (χ1v) is 14.5. The minimum absolute atomic E-state index is 0.478. The van der Waals surface area contributed by atoms with Gasteiger partial charge < -0.3 is 30.4 Å². The molecule has 0 bridgehead atoms. The van der Waals surface area contributed by atoms with E-state index in [1.807, 2.05) is 12.1 Å². The fourth-order valence-corrected chi connectivity index (χ4v) is 5.93. The molecule has 2 aromatic heterocycles. The molecule has 41 heavy (non-hydrogen) atoms. The van der Waals surface area contributed by atoms with E-state index in [1.54, 1.807) is 25.6 Å². The Kier molecular flexibility index (Phi) is 8.50. The molecule has 3 aliphatic heterocycles. The number of nitrogens with one attached hydrogen (secondary N) is 3. The molecule has 6 rings (SSSR count). The van der Waals surface area contributed by atoms with Crippen LogP contribution < -0.4 is 16.0 Å². The number of pyridine rings is 1. The van der Waals surface area contributed by atoms with Crippen molar-refractivity contribution < 1.29 is 9.53 Å². The van der Waals surface area contributed by atoms with E-state index in [4.69, 9.17) is 9.72 Å². The van der Waals surface area contributed by atoms with Gasteiger partial charge in [-0.15, -0.1) is 0 Å². The molecule has 2 fully saturated rings. The third-order valence-electron chi connectivity index (χ3n) is 8.30. The van der Waals surface area contributed by atoms with Gasteiger partial charge in [0.25, 0.3) is 0 Å². The maximum absolute atomic E-state index is 11.9. The smallest absolute Gasteiger partial charge is 0.222 e. The second-order valence-electron chi connectivity index (χ2n) is 10.8. The van der Waals surface area contributed by atoms with E-state index < -0.39 is 6.04 Å². The zero-order chi connectivity index (χ0) is 28.0. The molecule has 0 aliphatic carbocycles. The maximum atomic E-state index is 11.9. The highest BCUT2D eigenvalue weighted by Crippen LogP contribution is 2.34. The molecule has 3 aliphatic rings. The summed E-state index contributed by atoms with van der Waals surface area (Å²) in [6.07, 6.45) is 11.7. The van der Waals surface area contributed by atoms with Crippen LogP contribution in [0.5, 0.6) is 0 Å². The normalized spacial score (nSPS) is 19.8. The lowest BCUT2D eigenvalue weighted by Gasteiger charge is -2.40. The summed E-state index contributed by atoms with van der Waals surface area (Å²) in [5.41, 5.74) is 5.52. The molecule has 3 aromatic rings. The van der Waals surface area contributed by atoms with Crippen molar-refractivity contribution >= 4 is 29.8 Å². The number of likely N-dealkylation sites (tertiary alicyclic amines) is 1. The standard InChI is InChI=1S/C31H38N8O2/c1-32-31-34-19-24(20-35-31)27-18-23-6-10-33-28(21-40)29(23)30(37-27)36-25-4-2-22(3-5-25)7-11-38-12-8-26(9-13-38)39-14-16-41-17-15-39/h2-6,10,18-21,26,28,33H,7-9,11-17H2,1H3,(H,36,37)(H,32,34,35). The molecule has 10 heteroatoms. The Hall–Kier alpha value is -3.86. The van der Waals surface area contributed by atoms with Crippen LogP contribution in [-0.4, -0.2) is 90.1 Å². The van der Waals surface area contributed by atoms with Gasteiger partial charge in [0.2, 0.25) is 5.95 Å². The second kappa shape index (κ2) is 12.8. The number of hydrogen-bond donors (Lipinski definition) is 3. The van der Waals surface area contributed by atoms with Gasteiger partial charge in [0.05, 0.1) is 18.9 Å². The lowest BCUT2D eigenvalue weighted by atomic mass is 9.97. The number of carbonyl (C=O) groups is 1. The zero-order valence-electron chi connectivity index (χ0n) is 23.6. The van der Waals surface area contributed by atoms with Crippen LogP contribution in [0.25, 0.3) is 17.3 Å². The van der Waals surface area contributed by atoms with Crippen LogP contribution in [0.4, 0.5) is 17.5 Å². The maximum Gasteiger partial charge on any atom is 0.222 e. The molecule has 1 aromatic carbocycles. The fraction of sp³-hybridized carbons (Fsp3) is 0.419. The summed E-state index contributed by atoms with van der Waals surface area (Å²) < 4.78 is 5.52. The highest BCUT2D eigenvalue weighted by atomic mass is 16.5. The predicted octanol–water partition coefficient (Wildman–Crippen LogP) is 3.48. The number of hydrogen-bond acceptors (Lipinski definition) is 10. The molecule has 5 heterocycles. The first-order chi connectivity index (χ1) is 20.2. The number of anilines is 3. The molecular weight excluding hydrogens is 516 g/mol. The minimum atomic E-state index is -0.478. The van der Waals surface area contributed by atoms with Gasteiger partial charge in [0, 0.05) is 61.9 Å². The number of morpholine rings is 1. The Morgan fingerprint density at radius 3 is 2.54 bits per heavy atom. The van der Waals surface area contributed by atoms with Crippen LogP contribution in [-0.2, 0) is 16.0 Å². The van der Waals surface area contributed by atoms with Crippen molar-refractivity contribution in [3.8, 4) is 11.3 Å². The third-order valence-corrected chi connectivity index (χ3v) is 8.30. The number of ether oxygens (including phenoxy) is 1. The lowest BCUT2D eigenvalue weighted by molar-refractivity contribution is -0.109. The first-order valence-electron chi connectivity index (χ1n) is 14.5. The average Bonchev–Trinajstić information content (AvgIpc) is 3.04. The quantitative estimate of drug-likeness (QED) is 0.340. The van der Waals surface area contributed by atoms with E-state index in [0.29, 0.717) is 17.8 Å². The molecule has 10 nitrogen and oxygen atoms in total. The molecule has 1 unspecified atom stereocenters. The van der Waals surface area contributed by atoms with Crippen molar-refractivity contribution in [3.05, 3.63) is 65.6 Å². The van der Waals surface area contributed by atoms with E-state index in [-0.39, 0.29) is 0 Å². The Labute approximate surface area is 241 Å². The fourth-order valence-electron chi connectivity index (χ4n) is 5.93. The molecule has 0 amide bonds. The van der Waals surface area contributed by atoms with Crippen molar-refractivity contribution in [2.24, 2.45) is 0 Å². The van der Waals surface area contributed by atoms with Gasteiger partial charge in [0.1, 0.15) is 18.1 Å². The van der Waals surface area contributed by atoms with Crippen LogP contribution in [0.3, 0.4) is 0 Å². The number of rotatable bonds is 9. The SMILES string of the molecule is CNc1ncc(-c2cc3c(c(Nc4ccc(CCN5CCC(N6CCOCC6)CC5)cc4)n2)C(C=O)NC=C3)cn1. The number of carbonyl (C=O) groups excluding carboxylic acids is 1. The zero-order valence-corrected chi connectivity index (χ0v) is 23.6. The molecular formula is C31H38N8O2. The van der Waals surface area contributed by atoms with E-state index in [1.165, 1.54) is 18.4 Å². The van der Waals surface area contributed by atoms with Crippen molar-refractivity contribution in [1.29, 1.82) is 0 Å². The van der Waals surface area contributed by atoms with Crippen LogP contribution in [0.15, 0.2) is 48.9 Å². The summed E-state index contributed by atoms with van der Waals surface area (Å²) in [7, 11) is 1.78. The van der Waals surface area contributed by atoms with Crippen molar-refractivity contribution in [3.63, 3.8) is 0 Å². The van der Waals surface area contributed by atoms with Crippen LogP contribution >= 0.6 is 0 Å².